The molecule has 31 heavy (non-hydrogen) atoms. The third kappa shape index (κ3) is 5.50. The lowest BCUT2D eigenvalue weighted by atomic mass is 10.0. The summed E-state index contributed by atoms with van der Waals surface area (Å²) in [6.07, 6.45) is 1.44. The Hall–Kier alpha value is -2.74. The molecule has 0 bridgehead atoms. The molecule has 3 aromatic rings. The summed E-state index contributed by atoms with van der Waals surface area (Å²) in [6.45, 7) is 0.826. The van der Waals surface area contributed by atoms with Crippen LogP contribution in [0.1, 0.15) is 11.1 Å². The number of hydrogen-bond donors (Lipinski definition) is 0. The Kier molecular flexibility index (Phi) is 7.43. The SMILES string of the molecule is CN(C)CCO/N=C(\c1ccc(=O)n(-c2c(Cl)cccc2Cl)c1)c1ccc(F)cc1F. The van der Waals surface area contributed by atoms with Crippen molar-refractivity contribution in [2.45, 2.75) is 0 Å². The number of nitrogens with zero attached hydrogens (tertiary/aromatic N) is 3. The van der Waals surface area contributed by atoms with Crippen LogP contribution in [0.2, 0.25) is 10.0 Å². The first kappa shape index (κ1) is 22.9. The zero-order valence-corrected chi connectivity index (χ0v) is 18.3. The highest BCUT2D eigenvalue weighted by Crippen LogP contribution is 2.27. The van der Waals surface area contributed by atoms with Gasteiger partial charge in [-0.05, 0) is 44.4 Å². The summed E-state index contributed by atoms with van der Waals surface area (Å²) >= 11 is 12.5. The minimum atomic E-state index is -0.816. The fraction of sp³-hybridized carbons (Fsp3) is 0.182. The summed E-state index contributed by atoms with van der Waals surface area (Å²) < 4.78 is 29.3. The Balaban J connectivity index is 2.13. The van der Waals surface area contributed by atoms with Gasteiger partial charge >= 0.3 is 0 Å². The summed E-state index contributed by atoms with van der Waals surface area (Å²) in [5, 5.41) is 4.61. The molecule has 0 aliphatic carbocycles. The van der Waals surface area contributed by atoms with Gasteiger partial charge in [0, 0.05) is 36.0 Å². The second-order valence-corrected chi connectivity index (χ2v) is 7.71. The third-order valence-corrected chi connectivity index (χ3v) is 4.94. The van der Waals surface area contributed by atoms with E-state index in [-0.39, 0.29) is 33.6 Å². The molecule has 162 valence electrons. The van der Waals surface area contributed by atoms with Crippen molar-refractivity contribution in [3.8, 4) is 5.69 Å². The molecule has 9 heteroatoms. The van der Waals surface area contributed by atoms with Crippen molar-refractivity contribution in [2.75, 3.05) is 27.2 Å². The summed E-state index contributed by atoms with van der Waals surface area (Å²) in [4.78, 5) is 19.8. The standard InChI is InChI=1S/C22H19Cl2F2N3O2/c1-28(2)10-11-31-27-21(16-8-7-15(25)12-19(16)26)14-6-9-20(30)29(13-14)22-17(23)4-3-5-18(22)24/h3-9,12-13H,10-11H2,1-2H3/b27-21+. The van der Waals surface area contributed by atoms with Crippen LogP contribution in [0.15, 0.2) is 64.7 Å². The smallest absolute Gasteiger partial charge is 0.255 e. The summed E-state index contributed by atoms with van der Waals surface area (Å²) in [6, 6.07) is 10.7. The molecule has 0 amide bonds. The number of para-hydroxylation sites is 1. The molecule has 0 atom stereocenters. The zero-order chi connectivity index (χ0) is 22.5. The molecule has 0 radical (unpaired) electrons. The van der Waals surface area contributed by atoms with Gasteiger partial charge in [0.2, 0.25) is 0 Å². The van der Waals surface area contributed by atoms with Crippen LogP contribution in [-0.4, -0.2) is 42.4 Å². The summed E-state index contributed by atoms with van der Waals surface area (Å²) in [7, 11) is 3.74. The first-order valence-electron chi connectivity index (χ1n) is 9.25. The first-order chi connectivity index (χ1) is 14.8. The highest BCUT2D eigenvalue weighted by molar-refractivity contribution is 6.37. The van der Waals surface area contributed by atoms with Crippen molar-refractivity contribution in [3.05, 3.63) is 97.9 Å². The lowest BCUT2D eigenvalue weighted by molar-refractivity contribution is 0.126. The van der Waals surface area contributed by atoms with Crippen LogP contribution in [-0.2, 0) is 4.84 Å². The molecule has 2 aromatic carbocycles. The number of aromatic nitrogens is 1. The molecule has 1 aromatic heterocycles. The van der Waals surface area contributed by atoms with Gasteiger partial charge in [-0.3, -0.25) is 9.36 Å². The van der Waals surface area contributed by atoms with E-state index in [0.717, 1.165) is 12.1 Å². The number of benzene rings is 2. The zero-order valence-electron chi connectivity index (χ0n) is 16.8. The van der Waals surface area contributed by atoms with Crippen LogP contribution < -0.4 is 5.56 Å². The summed E-state index contributed by atoms with van der Waals surface area (Å²) in [5.74, 6) is -1.54. The Morgan fingerprint density at radius 3 is 2.45 bits per heavy atom. The maximum absolute atomic E-state index is 14.6. The quantitative estimate of drug-likeness (QED) is 0.287. The lowest BCUT2D eigenvalue weighted by Crippen LogP contribution is -2.21. The Bertz CT molecular complexity index is 1160. The average molecular weight is 466 g/mol. The Labute approximate surface area is 188 Å². The van der Waals surface area contributed by atoms with Crippen LogP contribution in [0.3, 0.4) is 0 Å². The molecule has 0 fully saturated rings. The van der Waals surface area contributed by atoms with E-state index in [1.165, 1.54) is 29.0 Å². The molecule has 0 N–H and O–H groups in total. The van der Waals surface area contributed by atoms with Crippen LogP contribution in [0.5, 0.6) is 0 Å². The van der Waals surface area contributed by atoms with Crippen LogP contribution in [0, 0.1) is 11.6 Å². The number of rotatable bonds is 7. The normalized spacial score (nSPS) is 11.8. The number of hydrogen-bond acceptors (Lipinski definition) is 4. The number of pyridine rings is 1. The molecule has 5 nitrogen and oxygen atoms in total. The van der Waals surface area contributed by atoms with Gasteiger partial charge in [0.1, 0.15) is 24.0 Å². The second-order valence-electron chi connectivity index (χ2n) is 6.90. The van der Waals surface area contributed by atoms with Gasteiger partial charge in [0.25, 0.3) is 5.56 Å². The minimum absolute atomic E-state index is 0.0155. The van der Waals surface area contributed by atoms with Crippen molar-refractivity contribution in [1.82, 2.24) is 9.47 Å². The summed E-state index contributed by atoms with van der Waals surface area (Å²) in [5.41, 5.74) is 0.345. The molecule has 0 spiro atoms. The van der Waals surface area contributed by atoms with Crippen molar-refractivity contribution in [3.63, 3.8) is 0 Å². The number of oxime groups is 1. The van der Waals surface area contributed by atoms with E-state index < -0.39 is 17.2 Å². The molecule has 0 aliphatic rings. The number of likely N-dealkylation sites (N-methyl/N-ethyl adjacent to an activating group) is 1. The molecule has 0 unspecified atom stereocenters. The molecule has 1 heterocycles. The monoisotopic (exact) mass is 465 g/mol. The highest BCUT2D eigenvalue weighted by Gasteiger charge is 2.17. The van der Waals surface area contributed by atoms with E-state index in [9.17, 15) is 13.6 Å². The highest BCUT2D eigenvalue weighted by atomic mass is 35.5. The van der Waals surface area contributed by atoms with Crippen molar-refractivity contribution < 1.29 is 13.6 Å². The van der Waals surface area contributed by atoms with Crippen molar-refractivity contribution >= 4 is 28.9 Å². The second kappa shape index (κ2) is 10.0. The van der Waals surface area contributed by atoms with Gasteiger partial charge in [0.15, 0.2) is 0 Å². The fourth-order valence-electron chi connectivity index (χ4n) is 2.79. The minimum Gasteiger partial charge on any atom is -0.394 e. The first-order valence-corrected chi connectivity index (χ1v) is 10.0. The van der Waals surface area contributed by atoms with E-state index in [4.69, 9.17) is 28.0 Å². The Morgan fingerprint density at radius 2 is 1.81 bits per heavy atom. The van der Waals surface area contributed by atoms with Gasteiger partial charge in [-0.2, -0.15) is 0 Å². The predicted molar refractivity (Wildman–Crippen MR) is 119 cm³/mol. The van der Waals surface area contributed by atoms with Crippen LogP contribution in [0.25, 0.3) is 5.69 Å². The number of halogens is 4. The maximum Gasteiger partial charge on any atom is 0.255 e. The van der Waals surface area contributed by atoms with Gasteiger partial charge in [0.05, 0.1) is 15.7 Å². The van der Waals surface area contributed by atoms with E-state index >= 15 is 0 Å². The van der Waals surface area contributed by atoms with E-state index in [2.05, 4.69) is 5.16 Å². The molecule has 3 rings (SSSR count). The topological polar surface area (TPSA) is 46.8 Å². The molecule has 0 saturated carbocycles. The molecule has 0 aliphatic heterocycles. The lowest BCUT2D eigenvalue weighted by Gasteiger charge is -2.14. The molecular weight excluding hydrogens is 447 g/mol. The maximum atomic E-state index is 14.6. The molecule has 0 saturated heterocycles. The Morgan fingerprint density at radius 1 is 1.10 bits per heavy atom. The van der Waals surface area contributed by atoms with Gasteiger partial charge < -0.3 is 9.74 Å². The van der Waals surface area contributed by atoms with Crippen molar-refractivity contribution in [1.29, 1.82) is 0 Å². The molecular formula is C22H19Cl2F2N3O2. The van der Waals surface area contributed by atoms with Gasteiger partial charge in [-0.25, -0.2) is 8.78 Å². The van der Waals surface area contributed by atoms with Gasteiger partial charge in [-0.15, -0.1) is 0 Å². The van der Waals surface area contributed by atoms with Crippen LogP contribution >= 0.6 is 23.2 Å². The third-order valence-electron chi connectivity index (χ3n) is 4.33. The van der Waals surface area contributed by atoms with E-state index in [0.29, 0.717) is 12.1 Å². The van der Waals surface area contributed by atoms with Crippen molar-refractivity contribution in [2.24, 2.45) is 5.16 Å². The fourth-order valence-corrected chi connectivity index (χ4v) is 3.37. The van der Waals surface area contributed by atoms with Crippen LogP contribution in [0.4, 0.5) is 8.78 Å². The average Bonchev–Trinajstić information content (AvgIpc) is 2.70. The largest absolute Gasteiger partial charge is 0.394 e. The predicted octanol–water partition coefficient (Wildman–Crippen LogP) is 4.75. The van der Waals surface area contributed by atoms with E-state index in [1.807, 2.05) is 19.0 Å². The van der Waals surface area contributed by atoms with Gasteiger partial charge in [-0.1, -0.05) is 34.4 Å². The van der Waals surface area contributed by atoms with E-state index in [1.54, 1.807) is 18.2 Å².